The first kappa shape index (κ1) is 23.9. The fraction of sp³-hybridized carbons (Fsp3) is 0.267. The van der Waals surface area contributed by atoms with Gasteiger partial charge >= 0.3 is 0 Å². The topological polar surface area (TPSA) is 70.2 Å². The molecule has 1 aliphatic carbocycles. The zero-order chi connectivity index (χ0) is 25.5. The third-order valence-corrected chi connectivity index (χ3v) is 9.90. The van der Waals surface area contributed by atoms with Gasteiger partial charge in [-0.15, -0.1) is 0 Å². The number of morpholine rings is 1. The van der Waals surface area contributed by atoms with E-state index in [-0.39, 0.29) is 11.7 Å². The van der Waals surface area contributed by atoms with E-state index in [1.54, 1.807) is 12.3 Å². The Hall–Kier alpha value is -3.20. The number of nitrogens with zero attached hydrogens (tertiary/aromatic N) is 2. The van der Waals surface area contributed by atoms with Crippen LogP contribution < -0.4 is 15.8 Å². The smallest absolute Gasteiger partial charge is 0.249 e. The molecule has 7 rings (SSSR count). The third kappa shape index (κ3) is 4.96. The lowest BCUT2D eigenvalue weighted by molar-refractivity contribution is 0.0379. The molecule has 8 heteroatoms. The van der Waals surface area contributed by atoms with Gasteiger partial charge in [0, 0.05) is 62.5 Å². The Morgan fingerprint density at radius 3 is 2.87 bits per heavy atom. The van der Waals surface area contributed by atoms with Gasteiger partial charge in [-0.3, -0.25) is 9.78 Å². The van der Waals surface area contributed by atoms with Gasteiger partial charge in [-0.2, -0.15) is 0 Å². The number of hydrogen-bond acceptors (Lipinski definition) is 7. The average Bonchev–Trinajstić information content (AvgIpc) is 3.81. The Balaban J connectivity index is 1.08. The highest BCUT2D eigenvalue weighted by Crippen LogP contribution is 2.52. The molecule has 0 spiro atoms. The van der Waals surface area contributed by atoms with Crippen molar-refractivity contribution < 1.29 is 4.74 Å². The number of rotatable bonds is 6. The molecule has 6 nitrogen and oxygen atoms in total. The molecular weight excluding hydrogens is 512 g/mol. The summed E-state index contributed by atoms with van der Waals surface area (Å²) in [7, 11) is 0. The summed E-state index contributed by atoms with van der Waals surface area (Å²) < 4.78 is 6.25. The van der Waals surface area contributed by atoms with Crippen molar-refractivity contribution in [1.29, 1.82) is 0 Å². The SMILES string of the molecule is O=c1cc(N2CCOC(c3cccc4c3Sc3ccc(NCc5cc(C6CC6)ccn5)cc3S4)C2)cc[nH]1. The molecule has 1 saturated heterocycles. The molecule has 1 saturated carbocycles. The molecule has 3 aliphatic rings. The number of pyridine rings is 2. The quantitative estimate of drug-likeness (QED) is 0.256. The molecule has 0 bridgehead atoms. The number of aromatic nitrogens is 2. The van der Waals surface area contributed by atoms with E-state index in [9.17, 15) is 4.79 Å². The van der Waals surface area contributed by atoms with Crippen molar-refractivity contribution in [2.75, 3.05) is 29.9 Å². The highest BCUT2D eigenvalue weighted by molar-refractivity contribution is 8.05. The zero-order valence-electron chi connectivity index (χ0n) is 20.9. The van der Waals surface area contributed by atoms with Crippen LogP contribution in [-0.4, -0.2) is 29.7 Å². The molecule has 2 aliphatic heterocycles. The second-order valence-electron chi connectivity index (χ2n) is 9.97. The molecule has 0 radical (unpaired) electrons. The molecule has 192 valence electrons. The lowest BCUT2D eigenvalue weighted by atomic mass is 10.1. The molecule has 2 aromatic carbocycles. The van der Waals surface area contributed by atoms with E-state index in [1.807, 2.05) is 35.8 Å². The summed E-state index contributed by atoms with van der Waals surface area (Å²) in [5.41, 5.74) is 5.69. The number of hydrogen-bond donors (Lipinski definition) is 2. The summed E-state index contributed by atoms with van der Waals surface area (Å²) >= 11 is 3.64. The number of benzene rings is 2. The lowest BCUT2D eigenvalue weighted by Gasteiger charge is -2.36. The summed E-state index contributed by atoms with van der Waals surface area (Å²) in [6, 6.07) is 21.2. The molecule has 1 unspecified atom stereocenters. The van der Waals surface area contributed by atoms with E-state index < -0.39 is 0 Å². The van der Waals surface area contributed by atoms with Crippen molar-refractivity contribution in [2.45, 2.75) is 51.0 Å². The number of ether oxygens (including phenoxy) is 1. The van der Waals surface area contributed by atoms with Crippen LogP contribution in [0.25, 0.3) is 0 Å². The van der Waals surface area contributed by atoms with Crippen LogP contribution in [0.15, 0.2) is 97.4 Å². The largest absolute Gasteiger partial charge is 0.379 e. The third-order valence-electron chi connectivity index (χ3n) is 7.29. The van der Waals surface area contributed by atoms with Gasteiger partial charge in [0.05, 0.1) is 18.8 Å². The van der Waals surface area contributed by atoms with Crippen molar-refractivity contribution in [3.05, 3.63) is 100 Å². The standard InChI is InChI=1S/C30H28N4O2S2/c35-29-16-23(9-11-32-29)34-12-13-36-25(18-34)24-2-1-3-27-30(24)38-26-7-6-21(15-28(26)37-27)33-17-22-14-20(8-10-31-22)19-4-5-19/h1-3,6-11,14-16,19,25,33H,4-5,12-13,17-18H2,(H,32,35). The van der Waals surface area contributed by atoms with Crippen molar-refractivity contribution >= 4 is 34.9 Å². The predicted octanol–water partition coefficient (Wildman–Crippen LogP) is 6.45. The Kier molecular flexibility index (Phi) is 6.39. The van der Waals surface area contributed by atoms with Crippen LogP contribution in [0.3, 0.4) is 0 Å². The van der Waals surface area contributed by atoms with E-state index in [0.717, 1.165) is 42.6 Å². The minimum atomic E-state index is -0.0805. The Morgan fingerprint density at radius 1 is 1.03 bits per heavy atom. The summed E-state index contributed by atoms with van der Waals surface area (Å²) in [5.74, 6) is 0.739. The van der Waals surface area contributed by atoms with E-state index >= 15 is 0 Å². The highest BCUT2D eigenvalue weighted by Gasteiger charge is 2.28. The van der Waals surface area contributed by atoms with Gasteiger partial charge in [-0.1, -0.05) is 35.7 Å². The minimum Gasteiger partial charge on any atom is -0.379 e. The van der Waals surface area contributed by atoms with Gasteiger partial charge in [-0.25, -0.2) is 0 Å². The van der Waals surface area contributed by atoms with Crippen LogP contribution in [0.4, 0.5) is 11.4 Å². The van der Waals surface area contributed by atoms with Gasteiger partial charge in [0.25, 0.3) is 0 Å². The fourth-order valence-electron chi connectivity index (χ4n) is 5.15. The second kappa shape index (κ2) is 10.2. The number of H-pyrrole nitrogens is 1. The molecule has 2 N–H and O–H groups in total. The monoisotopic (exact) mass is 540 g/mol. The number of fused-ring (bicyclic) bond motifs is 2. The molecular formula is C30H28N4O2S2. The lowest BCUT2D eigenvalue weighted by Crippen LogP contribution is -2.39. The maximum atomic E-state index is 11.8. The first-order chi connectivity index (χ1) is 18.7. The van der Waals surface area contributed by atoms with E-state index in [4.69, 9.17) is 4.74 Å². The average molecular weight is 541 g/mol. The highest BCUT2D eigenvalue weighted by atomic mass is 32.2. The molecule has 2 fully saturated rings. The van der Waals surface area contributed by atoms with Gasteiger partial charge < -0.3 is 19.9 Å². The maximum Gasteiger partial charge on any atom is 0.249 e. The van der Waals surface area contributed by atoms with Crippen molar-refractivity contribution in [3.63, 3.8) is 0 Å². The van der Waals surface area contributed by atoms with Crippen LogP contribution in [0, 0.1) is 0 Å². The molecule has 4 aromatic rings. The van der Waals surface area contributed by atoms with Crippen LogP contribution in [0.5, 0.6) is 0 Å². The van der Waals surface area contributed by atoms with Crippen molar-refractivity contribution in [3.8, 4) is 0 Å². The number of nitrogens with one attached hydrogen (secondary N) is 2. The first-order valence-electron chi connectivity index (χ1n) is 13.1. The van der Waals surface area contributed by atoms with E-state index in [0.29, 0.717) is 6.61 Å². The normalized spacial score (nSPS) is 18.5. The van der Waals surface area contributed by atoms with Crippen molar-refractivity contribution in [2.24, 2.45) is 0 Å². The minimum absolute atomic E-state index is 0.0486. The Bertz CT molecular complexity index is 1550. The van der Waals surface area contributed by atoms with Gasteiger partial charge in [0.15, 0.2) is 0 Å². The van der Waals surface area contributed by atoms with Crippen LogP contribution in [-0.2, 0) is 11.3 Å². The van der Waals surface area contributed by atoms with Crippen LogP contribution in [0.2, 0.25) is 0 Å². The predicted molar refractivity (Wildman–Crippen MR) is 153 cm³/mol. The summed E-state index contributed by atoms with van der Waals surface area (Å²) in [5, 5.41) is 3.57. The zero-order valence-corrected chi connectivity index (χ0v) is 22.5. The second-order valence-corrected chi connectivity index (χ2v) is 12.1. The summed E-state index contributed by atoms with van der Waals surface area (Å²) in [6.07, 6.45) is 6.21. The van der Waals surface area contributed by atoms with E-state index in [1.165, 1.54) is 43.6 Å². The molecule has 1 atom stereocenters. The molecule has 0 amide bonds. The molecule has 38 heavy (non-hydrogen) atoms. The number of aromatic amines is 1. The molecule has 2 aromatic heterocycles. The molecule has 4 heterocycles. The van der Waals surface area contributed by atoms with Gasteiger partial charge in [-0.05, 0) is 72.4 Å². The van der Waals surface area contributed by atoms with Gasteiger partial charge in [0.2, 0.25) is 5.56 Å². The Labute approximate surface area is 230 Å². The van der Waals surface area contributed by atoms with Gasteiger partial charge in [0.1, 0.15) is 6.10 Å². The number of anilines is 2. The Morgan fingerprint density at radius 2 is 1.97 bits per heavy atom. The van der Waals surface area contributed by atoms with Crippen molar-refractivity contribution in [1.82, 2.24) is 9.97 Å². The maximum absolute atomic E-state index is 11.8. The van der Waals surface area contributed by atoms with Crippen LogP contribution in [0.1, 0.15) is 41.7 Å². The van der Waals surface area contributed by atoms with E-state index in [2.05, 4.69) is 68.7 Å². The fourth-order valence-corrected chi connectivity index (χ4v) is 7.60. The summed E-state index contributed by atoms with van der Waals surface area (Å²) in [6.45, 7) is 2.84. The first-order valence-corrected chi connectivity index (χ1v) is 14.7. The van der Waals surface area contributed by atoms with Crippen LogP contribution >= 0.6 is 23.5 Å². The summed E-state index contributed by atoms with van der Waals surface area (Å²) in [4.78, 5) is 26.4.